The molecule has 0 saturated carbocycles. The predicted octanol–water partition coefficient (Wildman–Crippen LogP) is 1.99. The molecule has 0 heterocycles. The molecule has 0 aromatic rings. The van der Waals surface area contributed by atoms with E-state index in [0.717, 1.165) is 25.7 Å². The molecule has 0 aromatic carbocycles. The van der Waals surface area contributed by atoms with Crippen LogP contribution in [0.1, 0.15) is 39.5 Å². The molecular formula is C12H23NO3. The molecule has 0 spiro atoms. The van der Waals surface area contributed by atoms with Crippen LogP contribution in [-0.2, 0) is 14.3 Å². The molecule has 16 heavy (non-hydrogen) atoms. The Labute approximate surface area is 97.8 Å². The van der Waals surface area contributed by atoms with Crippen molar-refractivity contribution in [2.24, 2.45) is 5.73 Å². The van der Waals surface area contributed by atoms with Gasteiger partial charge in [0.1, 0.15) is 0 Å². The van der Waals surface area contributed by atoms with Crippen molar-refractivity contribution >= 4 is 5.97 Å². The largest absolute Gasteiger partial charge is 0.462 e. The Morgan fingerprint density at radius 3 is 2.44 bits per heavy atom. The molecule has 94 valence electrons. The fraction of sp³-hybridized carbons (Fsp3) is 0.750. The first-order valence-electron chi connectivity index (χ1n) is 5.91. The maximum Gasteiger partial charge on any atom is 0.332 e. The van der Waals surface area contributed by atoms with Gasteiger partial charge >= 0.3 is 5.97 Å². The van der Waals surface area contributed by atoms with Crippen molar-refractivity contribution < 1.29 is 14.3 Å². The zero-order valence-corrected chi connectivity index (χ0v) is 10.3. The number of esters is 1. The molecule has 0 aromatic heterocycles. The highest BCUT2D eigenvalue weighted by molar-refractivity contribution is 5.82. The minimum atomic E-state index is -0.384. The van der Waals surface area contributed by atoms with E-state index in [0.29, 0.717) is 25.5 Å². The van der Waals surface area contributed by atoms with E-state index in [2.05, 4.69) is 6.92 Å². The highest BCUT2D eigenvalue weighted by Gasteiger charge is 1.99. The number of carbonyl (C=O) groups excluding carboxylic acids is 1. The molecule has 0 aliphatic heterocycles. The van der Waals surface area contributed by atoms with Crippen molar-refractivity contribution in [2.45, 2.75) is 39.5 Å². The lowest BCUT2D eigenvalue weighted by Gasteiger charge is -2.04. The van der Waals surface area contributed by atoms with Gasteiger partial charge in [-0.3, -0.25) is 0 Å². The average molecular weight is 229 g/mol. The van der Waals surface area contributed by atoms with E-state index in [1.807, 2.05) is 6.92 Å². The van der Waals surface area contributed by atoms with Crippen LogP contribution in [-0.4, -0.2) is 25.8 Å². The fourth-order valence-corrected chi connectivity index (χ4v) is 0.988. The molecule has 2 N–H and O–H groups in total. The molecule has 0 aliphatic carbocycles. The first kappa shape index (κ1) is 15.0. The molecule has 4 nitrogen and oxygen atoms in total. The Morgan fingerprint density at radius 2 is 1.81 bits per heavy atom. The van der Waals surface area contributed by atoms with Gasteiger partial charge in [0.2, 0.25) is 0 Å². The van der Waals surface area contributed by atoms with Gasteiger partial charge in [-0.1, -0.05) is 26.7 Å². The van der Waals surface area contributed by atoms with E-state index in [1.165, 1.54) is 6.08 Å². The maximum atomic E-state index is 11.2. The third-order valence-corrected chi connectivity index (χ3v) is 1.96. The van der Waals surface area contributed by atoms with Gasteiger partial charge in [0, 0.05) is 18.4 Å². The van der Waals surface area contributed by atoms with Gasteiger partial charge in [-0.25, -0.2) is 4.79 Å². The van der Waals surface area contributed by atoms with Gasteiger partial charge < -0.3 is 15.2 Å². The smallest absolute Gasteiger partial charge is 0.332 e. The van der Waals surface area contributed by atoms with Crippen LogP contribution in [0.4, 0.5) is 0 Å². The summed E-state index contributed by atoms with van der Waals surface area (Å²) in [5.41, 5.74) is 6.01. The van der Waals surface area contributed by atoms with Crippen LogP contribution in [0.15, 0.2) is 11.8 Å². The maximum absolute atomic E-state index is 11.2. The molecule has 0 saturated heterocycles. The number of carbonyl (C=O) groups is 1. The Kier molecular flexibility index (Phi) is 9.81. The number of ether oxygens (including phenoxy) is 2. The van der Waals surface area contributed by atoms with Crippen molar-refractivity contribution in [3.05, 3.63) is 11.8 Å². The highest BCUT2D eigenvalue weighted by Crippen LogP contribution is 1.94. The SMILES string of the molecule is CCCCOCC(N)=CC(=O)OCCCC. The Balaban J connectivity index is 3.62. The Bertz CT molecular complexity index is 214. The van der Waals surface area contributed by atoms with Crippen LogP contribution in [0.3, 0.4) is 0 Å². The second-order valence-corrected chi connectivity index (χ2v) is 3.65. The Hall–Kier alpha value is -1.03. The van der Waals surface area contributed by atoms with Crippen molar-refractivity contribution in [3.8, 4) is 0 Å². The summed E-state index contributed by atoms with van der Waals surface area (Å²) in [5, 5.41) is 0. The van der Waals surface area contributed by atoms with E-state index in [4.69, 9.17) is 15.2 Å². The minimum Gasteiger partial charge on any atom is -0.462 e. The van der Waals surface area contributed by atoms with Crippen molar-refractivity contribution in [3.63, 3.8) is 0 Å². The number of unbranched alkanes of at least 4 members (excludes halogenated alkanes) is 2. The van der Waals surface area contributed by atoms with Gasteiger partial charge in [0.15, 0.2) is 0 Å². The molecule has 4 heteroatoms. The second-order valence-electron chi connectivity index (χ2n) is 3.65. The van der Waals surface area contributed by atoms with E-state index in [1.54, 1.807) is 0 Å². The third-order valence-electron chi connectivity index (χ3n) is 1.96. The van der Waals surface area contributed by atoms with Gasteiger partial charge in [0.25, 0.3) is 0 Å². The van der Waals surface area contributed by atoms with Crippen LogP contribution in [0.25, 0.3) is 0 Å². The van der Waals surface area contributed by atoms with Crippen molar-refractivity contribution in [1.82, 2.24) is 0 Å². The van der Waals surface area contributed by atoms with E-state index in [-0.39, 0.29) is 5.97 Å². The summed E-state index contributed by atoms with van der Waals surface area (Å²) in [5.74, 6) is -0.384. The number of hydrogen-bond acceptors (Lipinski definition) is 4. The molecule has 0 bridgehead atoms. The Morgan fingerprint density at radius 1 is 1.19 bits per heavy atom. The fourth-order valence-electron chi connectivity index (χ4n) is 0.988. The highest BCUT2D eigenvalue weighted by atomic mass is 16.5. The molecule has 0 amide bonds. The zero-order valence-electron chi connectivity index (χ0n) is 10.3. The summed E-state index contributed by atoms with van der Waals surface area (Å²) >= 11 is 0. The third kappa shape index (κ3) is 9.52. The van der Waals surface area contributed by atoms with Crippen LogP contribution in [0.5, 0.6) is 0 Å². The van der Waals surface area contributed by atoms with Crippen LogP contribution >= 0.6 is 0 Å². The van der Waals surface area contributed by atoms with E-state index < -0.39 is 0 Å². The van der Waals surface area contributed by atoms with Crippen LogP contribution < -0.4 is 5.73 Å². The topological polar surface area (TPSA) is 61.5 Å². The summed E-state index contributed by atoms with van der Waals surface area (Å²) in [6.07, 6.45) is 5.28. The van der Waals surface area contributed by atoms with E-state index >= 15 is 0 Å². The van der Waals surface area contributed by atoms with Gasteiger partial charge in [-0.2, -0.15) is 0 Å². The monoisotopic (exact) mass is 229 g/mol. The van der Waals surface area contributed by atoms with Gasteiger partial charge in [-0.05, 0) is 12.8 Å². The quantitative estimate of drug-likeness (QED) is 0.373. The predicted molar refractivity (Wildman–Crippen MR) is 63.9 cm³/mol. The minimum absolute atomic E-state index is 0.295. The normalized spacial score (nSPS) is 11.5. The standard InChI is InChI=1S/C12H23NO3/c1-3-5-7-15-10-11(13)9-12(14)16-8-6-4-2/h9H,3-8,10,13H2,1-2H3. The first-order chi connectivity index (χ1) is 7.70. The number of hydrogen-bond donors (Lipinski definition) is 1. The summed E-state index contributed by atoms with van der Waals surface area (Å²) in [6.45, 7) is 5.56. The molecule has 0 radical (unpaired) electrons. The van der Waals surface area contributed by atoms with Crippen LogP contribution in [0, 0.1) is 0 Å². The van der Waals surface area contributed by atoms with Crippen molar-refractivity contribution in [2.75, 3.05) is 19.8 Å². The summed E-state index contributed by atoms with van der Waals surface area (Å²) in [4.78, 5) is 11.2. The molecule has 0 fully saturated rings. The lowest BCUT2D eigenvalue weighted by Crippen LogP contribution is -2.11. The number of nitrogens with two attached hydrogens (primary N) is 1. The summed E-state index contributed by atoms with van der Waals surface area (Å²) < 4.78 is 10.2. The average Bonchev–Trinajstić information content (AvgIpc) is 2.25. The first-order valence-corrected chi connectivity index (χ1v) is 5.91. The van der Waals surface area contributed by atoms with E-state index in [9.17, 15) is 4.79 Å². The molecule has 0 aliphatic rings. The second kappa shape index (κ2) is 10.5. The van der Waals surface area contributed by atoms with Gasteiger partial charge in [0.05, 0.1) is 13.2 Å². The van der Waals surface area contributed by atoms with Gasteiger partial charge in [-0.15, -0.1) is 0 Å². The molecule has 0 rings (SSSR count). The summed E-state index contributed by atoms with van der Waals surface area (Å²) in [7, 11) is 0. The molecule has 0 unspecified atom stereocenters. The van der Waals surface area contributed by atoms with Crippen molar-refractivity contribution in [1.29, 1.82) is 0 Å². The molecule has 0 atom stereocenters. The lowest BCUT2D eigenvalue weighted by molar-refractivity contribution is -0.137. The number of rotatable bonds is 9. The summed E-state index contributed by atoms with van der Waals surface area (Å²) in [6, 6.07) is 0. The zero-order chi connectivity index (χ0) is 12.2. The van der Waals surface area contributed by atoms with Crippen LogP contribution in [0.2, 0.25) is 0 Å². The lowest BCUT2D eigenvalue weighted by atomic mass is 10.3. The molecular weight excluding hydrogens is 206 g/mol.